The van der Waals surface area contributed by atoms with Crippen molar-refractivity contribution >= 4 is 46.9 Å². The molecule has 290 valence electrons. The number of nitrogens with one attached hydrogen (secondary N) is 2. The van der Waals surface area contributed by atoms with Gasteiger partial charge in [-0.1, -0.05) is 18.2 Å². The molecule has 0 spiro atoms. The van der Waals surface area contributed by atoms with Gasteiger partial charge in [-0.3, -0.25) is 43.8 Å². The third-order valence-electron chi connectivity index (χ3n) is 9.50. The number of hydrogen-bond donors (Lipinski definition) is 3. The van der Waals surface area contributed by atoms with Crippen molar-refractivity contribution in [1.29, 1.82) is 0 Å². The zero-order chi connectivity index (χ0) is 39.7. The number of amides is 4. The summed E-state index contributed by atoms with van der Waals surface area (Å²) in [5, 5.41) is 16.6. The van der Waals surface area contributed by atoms with Crippen LogP contribution in [0.3, 0.4) is 0 Å². The fourth-order valence-electron chi connectivity index (χ4n) is 6.79. The Morgan fingerprint density at radius 1 is 1.04 bits per heavy atom. The number of likely N-dealkylation sites (tertiary alicyclic amines) is 1. The number of unbranched alkanes of at least 4 members (excludes halogenated alkanes) is 1. The molecule has 4 rings (SSSR count). The third kappa shape index (κ3) is 8.80. The van der Waals surface area contributed by atoms with E-state index in [1.807, 2.05) is 0 Å². The number of benzene rings is 2. The number of ketones is 3. The van der Waals surface area contributed by atoms with Gasteiger partial charge < -0.3 is 30.7 Å². The summed E-state index contributed by atoms with van der Waals surface area (Å²) in [7, 11) is 1.19. The van der Waals surface area contributed by atoms with Crippen molar-refractivity contribution in [3.63, 3.8) is 0 Å². The summed E-state index contributed by atoms with van der Waals surface area (Å²) in [5.41, 5.74) is 3.28. The molecule has 1 aliphatic heterocycles. The summed E-state index contributed by atoms with van der Waals surface area (Å²) >= 11 is 0. The maximum absolute atomic E-state index is 14.9. The average molecular weight is 751 g/mol. The molecule has 1 saturated heterocycles. The predicted octanol–water partition coefficient (Wildman–Crippen LogP) is 2.09. The van der Waals surface area contributed by atoms with E-state index in [2.05, 4.69) is 10.6 Å². The molecule has 2 aromatic carbocycles. The summed E-state index contributed by atoms with van der Waals surface area (Å²) in [6.07, 6.45) is -1.85. The number of nitro benzene ring substituents is 1. The van der Waals surface area contributed by atoms with Gasteiger partial charge in [0.05, 0.1) is 17.0 Å². The minimum Gasteiger partial charge on any atom is -0.410 e. The number of nitrogens with zero attached hydrogens (tertiary/aromatic N) is 3. The normalized spacial score (nSPS) is 20.7. The fraction of sp³-hybridized carbons (Fsp3) is 0.486. The molecule has 1 aliphatic carbocycles. The van der Waals surface area contributed by atoms with Crippen molar-refractivity contribution in [3.8, 4) is 5.75 Å². The quantitative estimate of drug-likeness (QED) is 0.0968. The van der Waals surface area contributed by atoms with Gasteiger partial charge >= 0.3 is 6.09 Å². The number of rotatable bonds is 16. The number of ether oxygens (including phenoxy) is 2. The molecule has 0 aromatic heterocycles. The second-order valence-electron chi connectivity index (χ2n) is 13.5. The van der Waals surface area contributed by atoms with E-state index in [9.17, 15) is 43.7 Å². The minimum absolute atomic E-state index is 0.0490. The highest BCUT2D eigenvalue weighted by atomic mass is 16.6. The largest absolute Gasteiger partial charge is 0.417 e. The number of nitrogens with two attached hydrogens (primary N) is 1. The van der Waals surface area contributed by atoms with Crippen LogP contribution in [0.1, 0.15) is 69.7 Å². The van der Waals surface area contributed by atoms with Crippen molar-refractivity contribution < 1.29 is 48.0 Å². The number of carbonyl (C=O) groups excluding carboxylic acids is 7. The molecule has 0 bridgehead atoms. The van der Waals surface area contributed by atoms with E-state index in [0.717, 1.165) is 29.2 Å². The number of nitro groups is 1. The first-order valence-corrected chi connectivity index (χ1v) is 17.7. The zero-order valence-electron chi connectivity index (χ0n) is 30.6. The molecule has 0 radical (unpaired) electrons. The van der Waals surface area contributed by atoms with Crippen LogP contribution in [-0.4, -0.2) is 112 Å². The number of hydrogen-bond acceptors (Lipinski definition) is 12. The van der Waals surface area contributed by atoms with Crippen LogP contribution < -0.4 is 21.1 Å². The first-order valence-electron chi connectivity index (χ1n) is 17.7. The van der Waals surface area contributed by atoms with Gasteiger partial charge in [0.25, 0.3) is 11.6 Å². The highest BCUT2D eigenvalue weighted by Crippen LogP contribution is 2.38. The van der Waals surface area contributed by atoms with E-state index in [0.29, 0.717) is 24.8 Å². The Balaban J connectivity index is 1.60. The van der Waals surface area contributed by atoms with Gasteiger partial charge in [-0.25, -0.2) is 4.79 Å². The van der Waals surface area contributed by atoms with Crippen molar-refractivity contribution in [3.05, 3.63) is 70.3 Å². The molecular formula is C37H46N6O11. The average Bonchev–Trinajstić information content (AvgIpc) is 3.73. The second-order valence-corrected chi connectivity index (χ2v) is 13.5. The summed E-state index contributed by atoms with van der Waals surface area (Å²) in [4.78, 5) is 109. The monoisotopic (exact) mass is 750 g/mol. The summed E-state index contributed by atoms with van der Waals surface area (Å²) in [6.45, 7) is 4.74. The van der Waals surface area contributed by atoms with Gasteiger partial charge in [0.1, 0.15) is 17.9 Å². The van der Waals surface area contributed by atoms with Crippen LogP contribution in [0.2, 0.25) is 0 Å². The lowest BCUT2D eigenvalue weighted by molar-refractivity contribution is -0.384. The third-order valence-corrected chi connectivity index (χ3v) is 9.50. The van der Waals surface area contributed by atoms with Crippen LogP contribution in [0.4, 0.5) is 10.5 Å². The molecule has 54 heavy (non-hydrogen) atoms. The molecule has 2 aromatic rings. The van der Waals surface area contributed by atoms with E-state index in [1.54, 1.807) is 30.3 Å². The second kappa shape index (κ2) is 18.0. The Labute approximate surface area is 312 Å². The number of carbonyl (C=O) groups is 7. The Morgan fingerprint density at radius 3 is 2.28 bits per heavy atom. The molecule has 2 unspecified atom stereocenters. The van der Waals surface area contributed by atoms with E-state index in [4.69, 9.17) is 15.2 Å². The SMILES string of the molecule is COC1CC(=O)C(C(=O)[C@H]2CCCN2C(=O)[C@H](CCCCNC(=O)c2ccccc2)NC(=O)[C@H](C)N)(N(C(=O)Oc2ccc([N+](=O)[O-])cc2)C(C)C)C1=O. The number of Topliss-reactive ketones (excluding diaryl/α,β-unsaturated/α-hetero) is 3. The maximum atomic E-state index is 14.9. The topological polar surface area (TPSA) is 238 Å². The van der Waals surface area contributed by atoms with Crippen molar-refractivity contribution in [2.75, 3.05) is 20.2 Å². The smallest absolute Gasteiger partial charge is 0.410 e. The van der Waals surface area contributed by atoms with Gasteiger partial charge in [-0.05, 0) is 77.1 Å². The Bertz CT molecular complexity index is 1750. The van der Waals surface area contributed by atoms with Crippen LogP contribution in [0.15, 0.2) is 54.6 Å². The van der Waals surface area contributed by atoms with Gasteiger partial charge in [-0.15, -0.1) is 0 Å². The molecule has 2 aliphatic rings. The van der Waals surface area contributed by atoms with E-state index >= 15 is 0 Å². The van der Waals surface area contributed by atoms with Gasteiger partial charge in [0, 0.05) is 50.4 Å². The van der Waals surface area contributed by atoms with Crippen LogP contribution in [0.25, 0.3) is 0 Å². The van der Waals surface area contributed by atoms with Crippen molar-refractivity contribution in [2.24, 2.45) is 5.73 Å². The molecule has 1 heterocycles. The van der Waals surface area contributed by atoms with Crippen LogP contribution >= 0.6 is 0 Å². The maximum Gasteiger partial charge on any atom is 0.417 e. The number of methoxy groups -OCH3 is 1. The van der Waals surface area contributed by atoms with Gasteiger partial charge in [0.15, 0.2) is 11.6 Å². The molecule has 4 amide bonds. The summed E-state index contributed by atoms with van der Waals surface area (Å²) in [6, 6.07) is 8.70. The molecule has 5 atom stereocenters. The molecular weight excluding hydrogens is 704 g/mol. The first-order chi connectivity index (χ1) is 25.6. The fourth-order valence-corrected chi connectivity index (χ4v) is 6.79. The highest BCUT2D eigenvalue weighted by Gasteiger charge is 2.67. The van der Waals surface area contributed by atoms with Crippen LogP contribution in [0.5, 0.6) is 5.75 Å². The van der Waals surface area contributed by atoms with E-state index in [-0.39, 0.29) is 43.3 Å². The molecule has 17 nitrogen and oxygen atoms in total. The lowest BCUT2D eigenvalue weighted by atomic mass is 9.82. The van der Waals surface area contributed by atoms with Gasteiger partial charge in [-0.2, -0.15) is 0 Å². The Kier molecular flexibility index (Phi) is 13.7. The molecule has 1 saturated carbocycles. The minimum atomic E-state index is -2.73. The lowest BCUT2D eigenvalue weighted by Gasteiger charge is -2.41. The molecule has 4 N–H and O–H groups in total. The van der Waals surface area contributed by atoms with Crippen molar-refractivity contribution in [2.45, 2.75) is 95.1 Å². The van der Waals surface area contributed by atoms with Crippen LogP contribution in [0, 0.1) is 10.1 Å². The van der Waals surface area contributed by atoms with E-state index in [1.165, 1.54) is 32.8 Å². The standard InChI is InChI=1S/C37H46N6O11/c1-22(2)42(36(50)54-26-17-15-25(16-18-26)43(51)52)37(30(44)21-29(53-4)32(37)46)31(45)28-14-10-20-41(28)35(49)27(40-33(47)23(3)38)13-8-9-19-39-34(48)24-11-6-5-7-12-24/h5-7,11-12,15-18,22-23,27-29H,8-10,13-14,19-21,38H2,1-4H3,(H,39,48)(H,40,47)/t23-,27-,28+,29?,37?/m0/s1. The highest BCUT2D eigenvalue weighted by molar-refractivity contribution is 6.36. The zero-order valence-corrected chi connectivity index (χ0v) is 30.6. The summed E-state index contributed by atoms with van der Waals surface area (Å²) < 4.78 is 10.7. The molecule has 17 heteroatoms. The Morgan fingerprint density at radius 2 is 1.70 bits per heavy atom. The summed E-state index contributed by atoms with van der Waals surface area (Å²) in [5.74, 6) is -4.60. The first kappa shape index (κ1) is 41.2. The lowest BCUT2D eigenvalue weighted by Crippen LogP contribution is -2.70. The van der Waals surface area contributed by atoms with Crippen LogP contribution in [-0.2, 0) is 28.7 Å². The van der Waals surface area contributed by atoms with E-state index < -0.39 is 82.4 Å². The van der Waals surface area contributed by atoms with Gasteiger partial charge in [0.2, 0.25) is 23.1 Å². The van der Waals surface area contributed by atoms with Crippen molar-refractivity contribution in [1.82, 2.24) is 20.4 Å². The molecule has 2 fully saturated rings. The number of non-ortho nitro benzene ring substituents is 1. The Hall–Kier alpha value is -5.55. The predicted molar refractivity (Wildman–Crippen MR) is 192 cm³/mol.